The Morgan fingerprint density at radius 1 is 0.950 bits per heavy atom. The lowest BCUT2D eigenvalue weighted by molar-refractivity contribution is -0.139. The molecule has 1 N–H and O–H groups in total. The minimum absolute atomic E-state index is 0.0876. The zero-order chi connectivity index (χ0) is 28.5. The van der Waals surface area contributed by atoms with Crippen molar-refractivity contribution in [2.75, 3.05) is 17.4 Å². The predicted molar refractivity (Wildman–Crippen MR) is 161 cm³/mol. The molecule has 0 saturated heterocycles. The molecule has 0 heterocycles. The van der Waals surface area contributed by atoms with E-state index in [1.165, 1.54) is 12.1 Å². The van der Waals surface area contributed by atoms with Crippen LogP contribution in [0.5, 0.6) is 0 Å². The number of sulfonamides is 1. The molecule has 9 heteroatoms. The van der Waals surface area contributed by atoms with Gasteiger partial charge < -0.3 is 10.2 Å². The van der Waals surface area contributed by atoms with Crippen LogP contribution >= 0.6 is 15.9 Å². The van der Waals surface area contributed by atoms with Gasteiger partial charge in [0, 0.05) is 17.1 Å². The van der Waals surface area contributed by atoms with Crippen molar-refractivity contribution in [2.24, 2.45) is 0 Å². The van der Waals surface area contributed by atoms with Crippen LogP contribution in [0.1, 0.15) is 44.6 Å². The molecule has 1 aliphatic carbocycles. The molecular weight excluding hydrogens is 590 g/mol. The Bertz CT molecular complexity index is 1380. The fourth-order valence-electron chi connectivity index (χ4n) is 5.14. The molecule has 0 bridgehead atoms. The van der Waals surface area contributed by atoms with Crippen molar-refractivity contribution in [3.63, 3.8) is 0 Å². The molecule has 1 saturated carbocycles. The van der Waals surface area contributed by atoms with E-state index in [0.717, 1.165) is 35.6 Å². The van der Waals surface area contributed by atoms with Crippen LogP contribution in [-0.2, 0) is 26.0 Å². The highest BCUT2D eigenvalue weighted by Crippen LogP contribution is 2.27. The fraction of sp³-hybridized carbons (Fsp3) is 0.355. The van der Waals surface area contributed by atoms with E-state index in [4.69, 9.17) is 0 Å². The second-order valence-electron chi connectivity index (χ2n) is 10.0. The molecule has 4 rings (SSSR count). The van der Waals surface area contributed by atoms with Gasteiger partial charge in [-0.15, -0.1) is 0 Å². The van der Waals surface area contributed by atoms with Gasteiger partial charge in [-0.1, -0.05) is 90.3 Å². The SMILES string of the molecule is CCC(C(=O)NC1CCCC1)N(CCc1ccccc1)C(=O)CN(c1cccc(Br)c1)S(=O)(=O)c1ccccc1. The molecule has 40 heavy (non-hydrogen) atoms. The lowest BCUT2D eigenvalue weighted by atomic mass is 10.1. The molecule has 1 fully saturated rings. The Hall–Kier alpha value is -3.17. The second kappa shape index (κ2) is 13.9. The number of carbonyl (C=O) groups is 2. The number of benzene rings is 3. The standard InChI is InChI=1S/C31H36BrN3O4S/c1-2-29(31(37)33-26-15-9-10-16-26)34(21-20-24-12-5-3-6-13-24)30(36)23-35(27-17-11-14-25(32)22-27)40(38,39)28-18-7-4-8-19-28/h3-8,11-14,17-19,22,26,29H,2,9-10,15-16,20-21,23H2,1H3,(H,33,37). The van der Waals surface area contributed by atoms with Crippen LogP contribution in [0, 0.1) is 0 Å². The number of nitrogens with zero attached hydrogens (tertiary/aromatic N) is 2. The Morgan fingerprint density at radius 3 is 2.23 bits per heavy atom. The Kier molecular flexibility index (Phi) is 10.4. The topological polar surface area (TPSA) is 86.8 Å². The van der Waals surface area contributed by atoms with Crippen molar-refractivity contribution in [1.82, 2.24) is 10.2 Å². The zero-order valence-electron chi connectivity index (χ0n) is 22.7. The summed E-state index contributed by atoms with van der Waals surface area (Å²) in [5.41, 5.74) is 1.39. The van der Waals surface area contributed by atoms with Gasteiger partial charge in [-0.2, -0.15) is 0 Å². The number of anilines is 1. The first kappa shape index (κ1) is 29.8. The largest absolute Gasteiger partial charge is 0.352 e. The van der Waals surface area contributed by atoms with Crippen LogP contribution in [0.3, 0.4) is 0 Å². The highest BCUT2D eigenvalue weighted by Gasteiger charge is 2.34. The first-order valence-corrected chi connectivity index (χ1v) is 16.0. The van der Waals surface area contributed by atoms with Crippen molar-refractivity contribution >= 4 is 43.5 Å². The van der Waals surface area contributed by atoms with E-state index in [1.807, 2.05) is 37.3 Å². The summed E-state index contributed by atoms with van der Waals surface area (Å²) in [7, 11) is -4.07. The van der Waals surface area contributed by atoms with E-state index >= 15 is 0 Å². The van der Waals surface area contributed by atoms with E-state index in [1.54, 1.807) is 47.4 Å². The van der Waals surface area contributed by atoms with Gasteiger partial charge in [0.25, 0.3) is 10.0 Å². The summed E-state index contributed by atoms with van der Waals surface area (Å²) in [6.07, 6.45) is 5.00. The monoisotopic (exact) mass is 625 g/mol. The normalized spacial score (nSPS) is 14.4. The van der Waals surface area contributed by atoms with E-state index < -0.39 is 28.5 Å². The van der Waals surface area contributed by atoms with Gasteiger partial charge in [0.15, 0.2) is 0 Å². The number of hydrogen-bond acceptors (Lipinski definition) is 4. The smallest absolute Gasteiger partial charge is 0.264 e. The first-order valence-electron chi connectivity index (χ1n) is 13.8. The maximum atomic E-state index is 14.1. The molecule has 1 atom stereocenters. The first-order chi connectivity index (χ1) is 19.3. The van der Waals surface area contributed by atoms with Crippen LogP contribution in [0.15, 0.2) is 94.3 Å². The van der Waals surface area contributed by atoms with E-state index in [2.05, 4.69) is 21.2 Å². The third kappa shape index (κ3) is 7.52. The highest BCUT2D eigenvalue weighted by atomic mass is 79.9. The molecule has 1 aliphatic rings. The summed E-state index contributed by atoms with van der Waals surface area (Å²) in [5, 5.41) is 3.14. The van der Waals surface area contributed by atoms with Crippen LogP contribution in [0.25, 0.3) is 0 Å². The molecule has 7 nitrogen and oxygen atoms in total. The predicted octanol–water partition coefficient (Wildman–Crippen LogP) is 5.55. The summed E-state index contributed by atoms with van der Waals surface area (Å²) >= 11 is 3.42. The van der Waals surface area contributed by atoms with Crippen LogP contribution in [0.4, 0.5) is 5.69 Å². The van der Waals surface area contributed by atoms with Gasteiger partial charge in [0.1, 0.15) is 12.6 Å². The average molecular weight is 627 g/mol. The fourth-order valence-corrected chi connectivity index (χ4v) is 6.96. The van der Waals surface area contributed by atoms with Gasteiger partial charge in [0.2, 0.25) is 11.8 Å². The molecule has 0 aromatic heterocycles. The summed E-state index contributed by atoms with van der Waals surface area (Å²) < 4.78 is 29.5. The quantitative estimate of drug-likeness (QED) is 0.286. The van der Waals surface area contributed by atoms with Crippen molar-refractivity contribution in [3.05, 3.63) is 95.0 Å². The molecular formula is C31H36BrN3O4S. The van der Waals surface area contributed by atoms with E-state index in [9.17, 15) is 18.0 Å². The van der Waals surface area contributed by atoms with Crippen LogP contribution < -0.4 is 9.62 Å². The number of halogens is 1. The zero-order valence-corrected chi connectivity index (χ0v) is 25.1. The third-order valence-electron chi connectivity index (χ3n) is 7.28. The third-order valence-corrected chi connectivity index (χ3v) is 9.56. The van der Waals surface area contributed by atoms with Gasteiger partial charge in [0.05, 0.1) is 10.6 Å². The van der Waals surface area contributed by atoms with Gasteiger partial charge in [-0.05, 0) is 61.6 Å². The average Bonchev–Trinajstić information content (AvgIpc) is 3.47. The molecule has 1 unspecified atom stereocenters. The van der Waals surface area contributed by atoms with Gasteiger partial charge in [-0.3, -0.25) is 13.9 Å². The summed E-state index contributed by atoms with van der Waals surface area (Å²) in [6, 6.07) is 24.1. The molecule has 2 amide bonds. The molecule has 0 spiro atoms. The molecule has 212 valence electrons. The van der Waals surface area contributed by atoms with Crippen molar-refractivity contribution in [1.29, 1.82) is 0 Å². The number of nitrogens with one attached hydrogen (secondary N) is 1. The molecule has 0 radical (unpaired) electrons. The number of rotatable bonds is 12. The van der Waals surface area contributed by atoms with Gasteiger partial charge in [-0.25, -0.2) is 8.42 Å². The number of carbonyl (C=O) groups excluding carboxylic acids is 2. The minimum atomic E-state index is -4.07. The number of amides is 2. The molecule has 3 aromatic rings. The Morgan fingerprint density at radius 2 is 1.60 bits per heavy atom. The molecule has 3 aromatic carbocycles. The summed E-state index contributed by atoms with van der Waals surface area (Å²) in [5.74, 6) is -0.612. The van der Waals surface area contributed by atoms with Crippen LogP contribution in [0.2, 0.25) is 0 Å². The lowest BCUT2D eigenvalue weighted by Crippen LogP contribution is -2.54. The van der Waals surface area contributed by atoms with Crippen molar-refractivity contribution in [3.8, 4) is 0 Å². The molecule has 0 aliphatic heterocycles. The lowest BCUT2D eigenvalue weighted by Gasteiger charge is -2.33. The maximum absolute atomic E-state index is 14.1. The van der Waals surface area contributed by atoms with E-state index in [0.29, 0.717) is 23.0 Å². The summed E-state index contributed by atoms with van der Waals surface area (Å²) in [4.78, 5) is 29.2. The highest BCUT2D eigenvalue weighted by molar-refractivity contribution is 9.10. The maximum Gasteiger partial charge on any atom is 0.264 e. The Balaban J connectivity index is 1.66. The van der Waals surface area contributed by atoms with E-state index in [-0.39, 0.29) is 23.4 Å². The second-order valence-corrected chi connectivity index (χ2v) is 12.8. The van der Waals surface area contributed by atoms with Gasteiger partial charge >= 0.3 is 0 Å². The number of hydrogen-bond donors (Lipinski definition) is 1. The Labute approximate surface area is 245 Å². The van der Waals surface area contributed by atoms with Crippen LogP contribution in [-0.4, -0.2) is 50.3 Å². The van der Waals surface area contributed by atoms with Crippen molar-refractivity contribution < 1.29 is 18.0 Å². The van der Waals surface area contributed by atoms with Crippen molar-refractivity contribution in [2.45, 2.75) is 62.4 Å². The minimum Gasteiger partial charge on any atom is -0.352 e. The summed E-state index contributed by atoms with van der Waals surface area (Å²) in [6.45, 7) is 1.74.